The molecule has 0 bridgehead atoms. The van der Waals surface area contributed by atoms with Crippen molar-refractivity contribution in [3.05, 3.63) is 38.0 Å². The van der Waals surface area contributed by atoms with Crippen LogP contribution in [0.5, 0.6) is 0 Å². The fourth-order valence-electron chi connectivity index (χ4n) is 8.26. The summed E-state index contributed by atoms with van der Waals surface area (Å²) >= 11 is 0. The van der Waals surface area contributed by atoms with Crippen LogP contribution in [0.3, 0.4) is 0 Å². The van der Waals surface area contributed by atoms with Crippen LogP contribution in [0.4, 0.5) is 0 Å². The molecule has 11 heteroatoms. The third-order valence-corrected chi connectivity index (χ3v) is 13.1. The lowest BCUT2D eigenvalue weighted by Crippen LogP contribution is -2.63. The topological polar surface area (TPSA) is 149 Å². The van der Waals surface area contributed by atoms with E-state index in [4.69, 9.17) is 18.5 Å². The fourth-order valence-corrected chi connectivity index (χ4v) is 9.38. The smallest absolute Gasteiger partial charge is 0.462 e. The molecule has 3 N–H and O–H groups in total. The van der Waals surface area contributed by atoms with Crippen molar-refractivity contribution < 1.29 is 47.8 Å². The van der Waals surface area contributed by atoms with Crippen LogP contribution in [0.1, 0.15) is 201 Å². The van der Waals surface area contributed by atoms with Gasteiger partial charge in [0.05, 0.1) is 18.8 Å². The largest absolute Gasteiger partial charge is 0.473 e. The summed E-state index contributed by atoms with van der Waals surface area (Å²) < 4.78 is 35.3. The maximum atomic E-state index is 13.4. The van der Waals surface area contributed by atoms with E-state index in [1.54, 1.807) is 6.08 Å². The van der Waals surface area contributed by atoms with Gasteiger partial charge in [0.2, 0.25) is 0 Å². The number of aliphatic hydroxyl groups is 2. The van der Waals surface area contributed by atoms with Gasteiger partial charge in [-0.2, -0.15) is 0 Å². The summed E-state index contributed by atoms with van der Waals surface area (Å²) in [6, 6.07) is 0. The SMILES string of the molecule is C=CC1C(C=C)C(O)C(C)(OP(=O)(O)OC[C@H](COC(=O)CCCCCCCCCCCCCCC)OC(=O)CCCCCCCCCCCCCCC)C(O)C1C=C. The second-order valence-electron chi connectivity index (χ2n) is 17.1. The predicted molar refractivity (Wildman–Crippen MR) is 240 cm³/mol. The van der Waals surface area contributed by atoms with Crippen LogP contribution in [0.25, 0.3) is 0 Å². The van der Waals surface area contributed by atoms with Crippen LogP contribution in [0.2, 0.25) is 0 Å². The quantitative estimate of drug-likeness (QED) is 0.0236. The van der Waals surface area contributed by atoms with Crippen molar-refractivity contribution in [3.8, 4) is 0 Å². The molecule has 0 saturated heterocycles. The Bertz CT molecular complexity index is 1150. The molecule has 6 atom stereocenters. The number of hydrogen-bond donors (Lipinski definition) is 3. The number of unbranched alkanes of at least 4 members (excludes halogenated alkanes) is 24. The number of esters is 2. The van der Waals surface area contributed by atoms with E-state index >= 15 is 0 Å². The number of phosphoric acid groups is 1. The molecule has 0 heterocycles. The Balaban J connectivity index is 2.65. The summed E-state index contributed by atoms with van der Waals surface area (Å²) in [4.78, 5) is 36.5. The molecule has 1 aliphatic rings. The van der Waals surface area contributed by atoms with Gasteiger partial charge in [0.15, 0.2) is 6.10 Å². The molecule has 10 nitrogen and oxygen atoms in total. The van der Waals surface area contributed by atoms with Gasteiger partial charge in [0, 0.05) is 24.7 Å². The molecule has 0 amide bonds. The van der Waals surface area contributed by atoms with Crippen LogP contribution < -0.4 is 0 Å². The Morgan fingerprint density at radius 1 is 0.576 bits per heavy atom. The van der Waals surface area contributed by atoms with Gasteiger partial charge in [0.25, 0.3) is 0 Å². The van der Waals surface area contributed by atoms with Crippen LogP contribution in [-0.2, 0) is 32.7 Å². The normalized spacial score (nSPS) is 23.3. The number of carbonyl (C=O) groups is 2. The van der Waals surface area contributed by atoms with Crippen LogP contribution in [-0.4, -0.2) is 64.2 Å². The first kappa shape index (κ1) is 55.2. The first-order valence-corrected chi connectivity index (χ1v) is 25.2. The molecular weight excluding hydrogens is 767 g/mol. The standard InChI is InChI=1S/C48H87O10P/c1-7-12-14-16-18-20-22-24-26-28-30-32-34-36-44(49)55-38-40(57-45(50)37-35-33-31-29-27-25-23-21-19-17-15-13-8-2)39-56-59(53,54)58-48(6)46(51)42(10-4)41(9-3)43(11-5)47(48)52/h9-11,40-43,46-47,51-52H,3-5,7-8,12-39H2,1-2,6H3,(H,53,54)/t40-,41?,42?,43?,46?,47?,48?/m0/s1. The van der Waals surface area contributed by atoms with Crippen molar-refractivity contribution in [3.63, 3.8) is 0 Å². The Morgan fingerprint density at radius 3 is 1.27 bits per heavy atom. The number of ether oxygens (including phenoxy) is 2. The molecule has 1 fully saturated rings. The van der Waals surface area contributed by atoms with E-state index in [-0.39, 0.29) is 19.4 Å². The van der Waals surface area contributed by atoms with Crippen molar-refractivity contribution in [1.29, 1.82) is 0 Å². The Labute approximate surface area is 360 Å². The highest BCUT2D eigenvalue weighted by molar-refractivity contribution is 7.47. The summed E-state index contributed by atoms with van der Waals surface area (Å²) in [5, 5.41) is 22.5. The van der Waals surface area contributed by atoms with Gasteiger partial charge in [-0.25, -0.2) is 4.57 Å². The molecule has 344 valence electrons. The van der Waals surface area contributed by atoms with E-state index < -0.39 is 68.0 Å². The molecule has 1 saturated carbocycles. The first-order chi connectivity index (χ1) is 28.4. The predicted octanol–water partition coefficient (Wildman–Crippen LogP) is 12.4. The van der Waals surface area contributed by atoms with E-state index in [1.807, 2.05) is 0 Å². The number of rotatable bonds is 39. The zero-order chi connectivity index (χ0) is 43.8. The molecule has 0 spiro atoms. The lowest BCUT2D eigenvalue weighted by Gasteiger charge is -2.51. The number of allylic oxidation sites excluding steroid dienone is 1. The number of phosphoric ester groups is 1. The Kier molecular flexibility index (Phi) is 31.6. The van der Waals surface area contributed by atoms with Crippen LogP contribution in [0.15, 0.2) is 38.0 Å². The van der Waals surface area contributed by atoms with Crippen molar-refractivity contribution in [2.45, 2.75) is 224 Å². The number of hydrogen-bond acceptors (Lipinski definition) is 9. The first-order valence-electron chi connectivity index (χ1n) is 23.7. The molecule has 0 aromatic heterocycles. The van der Waals surface area contributed by atoms with E-state index in [1.165, 1.54) is 135 Å². The Hall–Kier alpha value is -1.81. The molecule has 0 aromatic rings. The highest BCUT2D eigenvalue weighted by Gasteiger charge is 2.57. The molecule has 0 aliphatic heterocycles. The van der Waals surface area contributed by atoms with Crippen molar-refractivity contribution in [1.82, 2.24) is 0 Å². The zero-order valence-electron chi connectivity index (χ0n) is 37.7. The lowest BCUT2D eigenvalue weighted by molar-refractivity contribution is -0.188. The van der Waals surface area contributed by atoms with Gasteiger partial charge in [0.1, 0.15) is 12.2 Å². The lowest BCUT2D eigenvalue weighted by atomic mass is 9.63. The molecule has 0 radical (unpaired) electrons. The average Bonchev–Trinajstić information content (AvgIpc) is 3.21. The number of carbonyl (C=O) groups excluding carboxylic acids is 2. The highest BCUT2D eigenvalue weighted by atomic mass is 31.2. The molecule has 1 rings (SSSR count). The molecule has 5 unspecified atom stereocenters. The van der Waals surface area contributed by atoms with E-state index in [2.05, 4.69) is 33.6 Å². The maximum Gasteiger partial charge on any atom is 0.473 e. The van der Waals surface area contributed by atoms with Gasteiger partial charge < -0.3 is 24.6 Å². The molecule has 59 heavy (non-hydrogen) atoms. The van der Waals surface area contributed by atoms with E-state index in [9.17, 15) is 29.3 Å². The minimum absolute atomic E-state index is 0.154. The third kappa shape index (κ3) is 23.8. The minimum atomic E-state index is -4.99. The van der Waals surface area contributed by atoms with Gasteiger partial charge >= 0.3 is 19.8 Å². The fraction of sp³-hybridized carbons (Fsp3) is 0.833. The summed E-state index contributed by atoms with van der Waals surface area (Å²) in [6.07, 6.45) is 31.7. The monoisotopic (exact) mass is 855 g/mol. The summed E-state index contributed by atoms with van der Waals surface area (Å²) in [5.41, 5.74) is -1.96. The van der Waals surface area contributed by atoms with E-state index in [0.29, 0.717) is 12.8 Å². The maximum absolute atomic E-state index is 13.4. The highest BCUT2D eigenvalue weighted by Crippen LogP contribution is 2.54. The van der Waals surface area contributed by atoms with Gasteiger partial charge in [-0.3, -0.25) is 18.6 Å². The number of aliphatic hydroxyl groups excluding tert-OH is 2. The van der Waals surface area contributed by atoms with E-state index in [0.717, 1.165) is 38.5 Å². The zero-order valence-corrected chi connectivity index (χ0v) is 38.6. The summed E-state index contributed by atoms with van der Waals surface area (Å²) in [5.74, 6) is -2.75. The molecule has 0 aromatic carbocycles. The van der Waals surface area contributed by atoms with Crippen LogP contribution >= 0.6 is 7.82 Å². The summed E-state index contributed by atoms with van der Waals surface area (Å²) in [6.45, 7) is 16.2. The Morgan fingerprint density at radius 2 is 0.915 bits per heavy atom. The second-order valence-corrected chi connectivity index (χ2v) is 18.5. The molecular formula is C48H87O10P. The average molecular weight is 855 g/mol. The molecule has 1 aliphatic carbocycles. The van der Waals surface area contributed by atoms with Crippen molar-refractivity contribution >= 4 is 19.8 Å². The summed E-state index contributed by atoms with van der Waals surface area (Å²) in [7, 11) is -4.99. The third-order valence-electron chi connectivity index (χ3n) is 12.0. The van der Waals surface area contributed by atoms with Crippen molar-refractivity contribution in [2.75, 3.05) is 13.2 Å². The minimum Gasteiger partial charge on any atom is -0.462 e. The van der Waals surface area contributed by atoms with Crippen LogP contribution in [0, 0.1) is 17.8 Å². The van der Waals surface area contributed by atoms with Gasteiger partial charge in [-0.15, -0.1) is 19.7 Å². The van der Waals surface area contributed by atoms with Crippen molar-refractivity contribution in [2.24, 2.45) is 17.8 Å². The van der Waals surface area contributed by atoms with Gasteiger partial charge in [-0.1, -0.05) is 186 Å². The second kappa shape index (κ2) is 33.8. The van der Waals surface area contributed by atoms with Gasteiger partial charge in [-0.05, 0) is 25.7 Å².